The number of phenolic OH excluding ortho intramolecular Hbond substituents is 1. The maximum absolute atomic E-state index is 9.28. The molecular formula is C16H18ClNO. The van der Waals surface area contributed by atoms with E-state index in [0.29, 0.717) is 11.8 Å². The van der Waals surface area contributed by atoms with Gasteiger partial charge >= 0.3 is 0 Å². The van der Waals surface area contributed by atoms with Crippen molar-refractivity contribution in [3.63, 3.8) is 0 Å². The second-order valence-electron chi connectivity index (χ2n) is 4.69. The smallest absolute Gasteiger partial charge is 0.115 e. The van der Waals surface area contributed by atoms with Crippen molar-refractivity contribution < 1.29 is 5.11 Å². The summed E-state index contributed by atoms with van der Waals surface area (Å²) in [6, 6.07) is 15.7. The summed E-state index contributed by atoms with van der Waals surface area (Å²) in [4.78, 5) is 0. The van der Waals surface area contributed by atoms with Gasteiger partial charge in [0.2, 0.25) is 0 Å². The molecule has 0 radical (unpaired) electrons. The van der Waals surface area contributed by atoms with Gasteiger partial charge in [-0.1, -0.05) is 35.9 Å². The van der Waals surface area contributed by atoms with Crippen LogP contribution in [0, 0.1) is 0 Å². The molecule has 2 nitrogen and oxygen atoms in total. The molecule has 3 heteroatoms. The lowest BCUT2D eigenvalue weighted by atomic mass is 9.99. The highest BCUT2D eigenvalue weighted by Crippen LogP contribution is 2.15. The van der Waals surface area contributed by atoms with Gasteiger partial charge in [0.05, 0.1) is 0 Å². The van der Waals surface area contributed by atoms with E-state index in [4.69, 9.17) is 11.6 Å². The van der Waals surface area contributed by atoms with Crippen LogP contribution in [0.15, 0.2) is 48.5 Å². The summed E-state index contributed by atoms with van der Waals surface area (Å²) in [5.41, 5.74) is 2.48. The molecule has 0 amide bonds. The minimum Gasteiger partial charge on any atom is -0.508 e. The molecule has 0 fully saturated rings. The Balaban J connectivity index is 2.00. The van der Waals surface area contributed by atoms with Gasteiger partial charge < -0.3 is 10.4 Å². The predicted molar refractivity (Wildman–Crippen MR) is 79.8 cm³/mol. The van der Waals surface area contributed by atoms with E-state index < -0.39 is 0 Å². The number of phenols is 1. The fourth-order valence-corrected chi connectivity index (χ4v) is 2.22. The Kier molecular flexibility index (Phi) is 4.83. The summed E-state index contributed by atoms with van der Waals surface area (Å²) in [7, 11) is 1.97. The summed E-state index contributed by atoms with van der Waals surface area (Å²) in [5.74, 6) is 0.308. The lowest BCUT2D eigenvalue weighted by Crippen LogP contribution is -2.29. The first-order valence-corrected chi connectivity index (χ1v) is 6.75. The molecule has 2 N–H and O–H groups in total. The first-order chi connectivity index (χ1) is 9.17. The lowest BCUT2D eigenvalue weighted by Gasteiger charge is -2.16. The molecule has 0 aliphatic rings. The van der Waals surface area contributed by atoms with E-state index in [1.165, 1.54) is 11.1 Å². The summed E-state index contributed by atoms with van der Waals surface area (Å²) in [6.45, 7) is 0. The van der Waals surface area contributed by atoms with Crippen molar-refractivity contribution in [3.05, 3.63) is 64.7 Å². The third kappa shape index (κ3) is 4.27. The summed E-state index contributed by atoms with van der Waals surface area (Å²) in [6.07, 6.45) is 1.88. The molecule has 0 spiro atoms. The second-order valence-corrected chi connectivity index (χ2v) is 5.12. The van der Waals surface area contributed by atoms with Crippen LogP contribution in [0.25, 0.3) is 0 Å². The SMILES string of the molecule is CNC(Cc1ccc(O)cc1)Cc1ccc(Cl)cc1. The molecule has 1 unspecified atom stereocenters. The van der Waals surface area contributed by atoms with Crippen molar-refractivity contribution in [2.24, 2.45) is 0 Å². The Morgan fingerprint density at radius 2 is 1.42 bits per heavy atom. The maximum Gasteiger partial charge on any atom is 0.115 e. The number of aromatic hydroxyl groups is 1. The minimum atomic E-state index is 0.308. The third-order valence-corrected chi connectivity index (χ3v) is 3.47. The molecule has 19 heavy (non-hydrogen) atoms. The summed E-state index contributed by atoms with van der Waals surface area (Å²) >= 11 is 5.89. The average molecular weight is 276 g/mol. The minimum absolute atomic E-state index is 0.308. The molecule has 0 saturated heterocycles. The van der Waals surface area contributed by atoms with Crippen molar-refractivity contribution in [1.29, 1.82) is 0 Å². The van der Waals surface area contributed by atoms with Crippen molar-refractivity contribution >= 4 is 11.6 Å². The van der Waals surface area contributed by atoms with Crippen LogP contribution < -0.4 is 5.32 Å². The van der Waals surface area contributed by atoms with Gasteiger partial charge in [-0.2, -0.15) is 0 Å². The van der Waals surface area contributed by atoms with Gasteiger partial charge in [0.1, 0.15) is 5.75 Å². The van der Waals surface area contributed by atoms with Crippen LogP contribution in [0.2, 0.25) is 5.02 Å². The highest BCUT2D eigenvalue weighted by atomic mass is 35.5. The van der Waals surface area contributed by atoms with Crippen LogP contribution in [-0.2, 0) is 12.8 Å². The number of rotatable bonds is 5. The van der Waals surface area contributed by atoms with Gasteiger partial charge in [-0.3, -0.25) is 0 Å². The van der Waals surface area contributed by atoms with Crippen LogP contribution in [0.1, 0.15) is 11.1 Å². The summed E-state index contributed by atoms with van der Waals surface area (Å²) < 4.78 is 0. The Bertz CT molecular complexity index is 460. The number of benzene rings is 2. The quantitative estimate of drug-likeness (QED) is 0.876. The number of halogens is 1. The Hall–Kier alpha value is -1.51. The highest BCUT2D eigenvalue weighted by Gasteiger charge is 2.08. The molecule has 100 valence electrons. The van der Waals surface area contributed by atoms with E-state index in [2.05, 4.69) is 17.4 Å². The van der Waals surface area contributed by atoms with E-state index in [-0.39, 0.29) is 0 Å². The van der Waals surface area contributed by atoms with Crippen molar-refractivity contribution in [3.8, 4) is 5.75 Å². The normalized spacial score (nSPS) is 12.3. The van der Waals surface area contributed by atoms with Crippen LogP contribution in [0.4, 0.5) is 0 Å². The maximum atomic E-state index is 9.28. The standard InChI is InChI=1S/C16H18ClNO/c1-18-15(10-12-2-6-14(17)7-3-12)11-13-4-8-16(19)9-5-13/h2-9,15,18-19H,10-11H2,1H3. The lowest BCUT2D eigenvalue weighted by molar-refractivity contribution is 0.474. The predicted octanol–water partition coefficient (Wildman–Crippen LogP) is 3.42. The molecule has 2 aromatic carbocycles. The number of likely N-dealkylation sites (N-methyl/N-ethyl adjacent to an activating group) is 1. The molecular weight excluding hydrogens is 258 g/mol. The first kappa shape index (κ1) is 13.9. The van der Waals surface area contributed by atoms with Crippen molar-refractivity contribution in [1.82, 2.24) is 5.32 Å². The van der Waals surface area contributed by atoms with Crippen LogP contribution in [0.5, 0.6) is 5.75 Å². The van der Waals surface area contributed by atoms with E-state index >= 15 is 0 Å². The first-order valence-electron chi connectivity index (χ1n) is 6.37. The number of hydrogen-bond donors (Lipinski definition) is 2. The number of nitrogens with one attached hydrogen (secondary N) is 1. The molecule has 0 bridgehead atoms. The van der Waals surface area contributed by atoms with Gasteiger partial charge in [-0.25, -0.2) is 0 Å². The topological polar surface area (TPSA) is 32.3 Å². The second kappa shape index (κ2) is 6.60. The third-order valence-electron chi connectivity index (χ3n) is 3.22. The van der Waals surface area contributed by atoms with Crippen molar-refractivity contribution in [2.75, 3.05) is 7.05 Å². The Morgan fingerprint density at radius 1 is 0.947 bits per heavy atom. The van der Waals surface area contributed by atoms with Crippen molar-refractivity contribution in [2.45, 2.75) is 18.9 Å². The Morgan fingerprint density at radius 3 is 1.89 bits per heavy atom. The van der Waals surface area contributed by atoms with Gasteiger partial charge in [-0.05, 0) is 55.3 Å². The molecule has 0 aromatic heterocycles. The van der Waals surface area contributed by atoms with Gasteiger partial charge in [0, 0.05) is 11.1 Å². The van der Waals surface area contributed by atoms with Gasteiger partial charge in [0.25, 0.3) is 0 Å². The van der Waals surface area contributed by atoms with Crippen LogP contribution in [0.3, 0.4) is 0 Å². The monoisotopic (exact) mass is 275 g/mol. The van der Waals surface area contributed by atoms with Crippen LogP contribution in [-0.4, -0.2) is 18.2 Å². The summed E-state index contributed by atoms with van der Waals surface area (Å²) in [5, 5.41) is 13.4. The average Bonchev–Trinajstić information content (AvgIpc) is 2.43. The fraction of sp³-hybridized carbons (Fsp3) is 0.250. The van der Waals surface area contributed by atoms with E-state index in [1.807, 2.05) is 31.3 Å². The zero-order valence-corrected chi connectivity index (χ0v) is 11.7. The molecule has 2 rings (SSSR count). The fourth-order valence-electron chi connectivity index (χ4n) is 2.10. The molecule has 0 aliphatic carbocycles. The molecule has 0 saturated carbocycles. The van der Waals surface area contributed by atoms with E-state index in [0.717, 1.165) is 17.9 Å². The van der Waals surface area contributed by atoms with Gasteiger partial charge in [0.15, 0.2) is 0 Å². The zero-order chi connectivity index (χ0) is 13.7. The van der Waals surface area contributed by atoms with Gasteiger partial charge in [-0.15, -0.1) is 0 Å². The van der Waals surface area contributed by atoms with Crippen LogP contribution >= 0.6 is 11.6 Å². The largest absolute Gasteiger partial charge is 0.508 e. The number of hydrogen-bond acceptors (Lipinski definition) is 2. The molecule has 0 aliphatic heterocycles. The molecule has 2 aromatic rings. The molecule has 1 atom stereocenters. The highest BCUT2D eigenvalue weighted by molar-refractivity contribution is 6.30. The zero-order valence-electron chi connectivity index (χ0n) is 10.9. The van der Waals surface area contributed by atoms with E-state index in [9.17, 15) is 5.11 Å². The van der Waals surface area contributed by atoms with E-state index in [1.54, 1.807) is 12.1 Å². The molecule has 0 heterocycles. The Labute approximate surface area is 119 Å².